The number of esters is 1. The molecule has 0 radical (unpaired) electrons. The molecular weight excluding hydrogens is 152 g/mol. The number of hydrogen-bond donors (Lipinski definition) is 0. The Balaban J connectivity index is 3.59. The lowest BCUT2D eigenvalue weighted by molar-refractivity contribution is -0.143. The van der Waals surface area contributed by atoms with Crippen molar-refractivity contribution in [3.63, 3.8) is 0 Å². The van der Waals surface area contributed by atoms with Gasteiger partial charge in [0.05, 0.1) is 6.61 Å². The maximum atomic E-state index is 10.9. The largest absolute Gasteiger partial charge is 0.466 e. The number of carbonyl (C=O) groups is 1. The van der Waals surface area contributed by atoms with Gasteiger partial charge in [-0.15, -0.1) is 0 Å². The fourth-order valence-electron chi connectivity index (χ4n) is 1.02. The van der Waals surface area contributed by atoms with Crippen molar-refractivity contribution < 1.29 is 9.53 Å². The lowest BCUT2D eigenvalue weighted by Crippen LogP contribution is -2.03. The molecule has 0 aromatic carbocycles. The summed E-state index contributed by atoms with van der Waals surface area (Å²) >= 11 is 0. The Kier molecular flexibility index (Phi) is 6.44. The fraction of sp³-hybridized carbons (Fsp3) is 0.700. The Labute approximate surface area is 74.6 Å². The van der Waals surface area contributed by atoms with E-state index in [0.717, 1.165) is 12.8 Å². The van der Waals surface area contributed by atoms with Crippen LogP contribution in [0.3, 0.4) is 0 Å². The first-order valence-electron chi connectivity index (χ1n) is 4.54. The summed E-state index contributed by atoms with van der Waals surface area (Å²) in [6.45, 7) is 6.41. The van der Waals surface area contributed by atoms with E-state index in [1.165, 1.54) is 5.57 Å². The van der Waals surface area contributed by atoms with Gasteiger partial charge < -0.3 is 4.74 Å². The molecule has 0 aliphatic heterocycles. The van der Waals surface area contributed by atoms with Gasteiger partial charge in [0, 0.05) is 6.42 Å². The van der Waals surface area contributed by atoms with Gasteiger partial charge in [-0.2, -0.15) is 0 Å². The van der Waals surface area contributed by atoms with Crippen molar-refractivity contribution in [2.24, 2.45) is 0 Å². The highest BCUT2D eigenvalue weighted by Crippen LogP contribution is 2.09. The SMILES string of the molecule is C/C=C(\CC)CCC(=O)OCC. The van der Waals surface area contributed by atoms with Crippen molar-refractivity contribution in [1.29, 1.82) is 0 Å². The van der Waals surface area contributed by atoms with Crippen LogP contribution in [0.15, 0.2) is 11.6 Å². The van der Waals surface area contributed by atoms with E-state index in [1.54, 1.807) is 0 Å². The molecule has 0 bridgehead atoms. The summed E-state index contributed by atoms with van der Waals surface area (Å²) in [6, 6.07) is 0. The second-order valence-corrected chi connectivity index (χ2v) is 2.61. The number of rotatable bonds is 5. The summed E-state index contributed by atoms with van der Waals surface area (Å²) < 4.78 is 4.82. The molecule has 0 heterocycles. The lowest BCUT2D eigenvalue weighted by atomic mass is 10.1. The number of allylic oxidation sites excluding steroid dienone is 2. The Bertz CT molecular complexity index is 159. The van der Waals surface area contributed by atoms with Gasteiger partial charge in [-0.1, -0.05) is 18.6 Å². The zero-order valence-electron chi connectivity index (χ0n) is 8.22. The van der Waals surface area contributed by atoms with Crippen LogP contribution in [0.5, 0.6) is 0 Å². The molecule has 12 heavy (non-hydrogen) atoms. The quantitative estimate of drug-likeness (QED) is 0.468. The molecule has 0 N–H and O–H groups in total. The second kappa shape index (κ2) is 6.89. The molecule has 0 atom stereocenters. The molecule has 2 heteroatoms. The highest BCUT2D eigenvalue weighted by atomic mass is 16.5. The van der Waals surface area contributed by atoms with E-state index < -0.39 is 0 Å². The summed E-state index contributed by atoms with van der Waals surface area (Å²) in [4.78, 5) is 10.9. The monoisotopic (exact) mass is 170 g/mol. The van der Waals surface area contributed by atoms with Crippen LogP contribution in [0.1, 0.15) is 40.0 Å². The molecule has 0 aromatic rings. The van der Waals surface area contributed by atoms with Crippen LogP contribution < -0.4 is 0 Å². The molecule has 0 spiro atoms. The molecule has 0 saturated carbocycles. The van der Waals surface area contributed by atoms with E-state index in [9.17, 15) is 4.79 Å². The molecule has 2 nitrogen and oxygen atoms in total. The molecule has 0 aliphatic rings. The second-order valence-electron chi connectivity index (χ2n) is 2.61. The normalized spacial score (nSPS) is 11.4. The Hall–Kier alpha value is -0.790. The number of carbonyl (C=O) groups excluding carboxylic acids is 1. The van der Waals surface area contributed by atoms with Crippen LogP contribution in [-0.2, 0) is 9.53 Å². The molecule has 0 aromatic heterocycles. The first-order chi connectivity index (χ1) is 5.74. The topological polar surface area (TPSA) is 26.3 Å². The van der Waals surface area contributed by atoms with E-state index in [2.05, 4.69) is 13.0 Å². The van der Waals surface area contributed by atoms with Crippen molar-refractivity contribution in [3.05, 3.63) is 11.6 Å². The van der Waals surface area contributed by atoms with Crippen LogP contribution in [-0.4, -0.2) is 12.6 Å². The molecular formula is C10H18O2. The van der Waals surface area contributed by atoms with E-state index in [0.29, 0.717) is 13.0 Å². The van der Waals surface area contributed by atoms with Gasteiger partial charge in [-0.05, 0) is 26.7 Å². The predicted molar refractivity (Wildman–Crippen MR) is 49.9 cm³/mol. The molecule has 0 rings (SSSR count). The van der Waals surface area contributed by atoms with E-state index in [4.69, 9.17) is 4.74 Å². The van der Waals surface area contributed by atoms with Gasteiger partial charge in [-0.3, -0.25) is 4.79 Å². The lowest BCUT2D eigenvalue weighted by Gasteiger charge is -2.03. The average Bonchev–Trinajstić information content (AvgIpc) is 2.07. The summed E-state index contributed by atoms with van der Waals surface area (Å²) in [7, 11) is 0. The van der Waals surface area contributed by atoms with E-state index in [1.807, 2.05) is 13.8 Å². The minimum absolute atomic E-state index is 0.0923. The molecule has 70 valence electrons. The zero-order chi connectivity index (χ0) is 9.40. The summed E-state index contributed by atoms with van der Waals surface area (Å²) in [5, 5.41) is 0. The van der Waals surface area contributed by atoms with E-state index >= 15 is 0 Å². The highest BCUT2D eigenvalue weighted by Gasteiger charge is 2.02. The maximum absolute atomic E-state index is 10.9. The third-order valence-corrected chi connectivity index (χ3v) is 1.82. The third kappa shape index (κ3) is 4.94. The summed E-state index contributed by atoms with van der Waals surface area (Å²) in [5.41, 5.74) is 1.32. The van der Waals surface area contributed by atoms with Gasteiger partial charge in [0.2, 0.25) is 0 Å². The van der Waals surface area contributed by atoms with Crippen LogP contribution in [0.2, 0.25) is 0 Å². The molecule has 0 aliphatic carbocycles. The summed E-state index contributed by atoms with van der Waals surface area (Å²) in [6.07, 6.45) is 4.45. The predicted octanol–water partition coefficient (Wildman–Crippen LogP) is 2.69. The smallest absolute Gasteiger partial charge is 0.306 e. The van der Waals surface area contributed by atoms with Crippen LogP contribution >= 0.6 is 0 Å². The van der Waals surface area contributed by atoms with Crippen molar-refractivity contribution >= 4 is 5.97 Å². The fourth-order valence-corrected chi connectivity index (χ4v) is 1.02. The van der Waals surface area contributed by atoms with Crippen LogP contribution in [0, 0.1) is 0 Å². The number of hydrogen-bond acceptors (Lipinski definition) is 2. The van der Waals surface area contributed by atoms with Crippen molar-refractivity contribution in [3.8, 4) is 0 Å². The average molecular weight is 170 g/mol. The van der Waals surface area contributed by atoms with E-state index in [-0.39, 0.29) is 5.97 Å². The standard InChI is InChI=1S/C10H18O2/c1-4-9(5-2)7-8-10(11)12-6-3/h4H,5-8H2,1-3H3/b9-4+. The Morgan fingerprint density at radius 1 is 1.33 bits per heavy atom. The number of ether oxygens (including phenoxy) is 1. The molecule has 0 unspecified atom stereocenters. The Morgan fingerprint density at radius 3 is 2.42 bits per heavy atom. The maximum Gasteiger partial charge on any atom is 0.306 e. The Morgan fingerprint density at radius 2 is 2.00 bits per heavy atom. The van der Waals surface area contributed by atoms with Crippen LogP contribution in [0.4, 0.5) is 0 Å². The minimum Gasteiger partial charge on any atom is -0.466 e. The van der Waals surface area contributed by atoms with Gasteiger partial charge in [0.15, 0.2) is 0 Å². The molecule has 0 amide bonds. The highest BCUT2D eigenvalue weighted by molar-refractivity contribution is 5.69. The van der Waals surface area contributed by atoms with Gasteiger partial charge in [0.25, 0.3) is 0 Å². The first-order valence-corrected chi connectivity index (χ1v) is 4.54. The van der Waals surface area contributed by atoms with Gasteiger partial charge in [-0.25, -0.2) is 0 Å². The van der Waals surface area contributed by atoms with Crippen molar-refractivity contribution in [2.75, 3.05) is 6.61 Å². The van der Waals surface area contributed by atoms with Crippen molar-refractivity contribution in [1.82, 2.24) is 0 Å². The van der Waals surface area contributed by atoms with Crippen LogP contribution in [0.25, 0.3) is 0 Å². The first kappa shape index (κ1) is 11.2. The summed E-state index contributed by atoms with van der Waals surface area (Å²) in [5.74, 6) is -0.0923. The molecule has 0 fully saturated rings. The molecule has 0 saturated heterocycles. The minimum atomic E-state index is -0.0923. The van der Waals surface area contributed by atoms with Gasteiger partial charge in [0.1, 0.15) is 0 Å². The third-order valence-electron chi connectivity index (χ3n) is 1.82. The van der Waals surface area contributed by atoms with Crippen molar-refractivity contribution in [2.45, 2.75) is 40.0 Å². The van der Waals surface area contributed by atoms with Gasteiger partial charge >= 0.3 is 5.97 Å². The zero-order valence-corrected chi connectivity index (χ0v) is 8.22.